The molecular weight excluding hydrogens is 1880 g/mol. The highest BCUT2D eigenvalue weighted by molar-refractivity contribution is 7.87. The van der Waals surface area contributed by atoms with Crippen LogP contribution in [-0.2, 0) is 60.7 Å². The van der Waals surface area contributed by atoms with Crippen LogP contribution in [0.5, 0.6) is 0 Å². The largest absolute Gasteiger partial charge is 0.353 e. The minimum absolute atomic E-state index is 0.00260. The second-order valence-corrected chi connectivity index (χ2v) is 36.5. The van der Waals surface area contributed by atoms with Crippen LogP contribution >= 0.6 is 46.4 Å². The molecule has 19 N–H and O–H groups in total. The number of aryl methyl sites for hydroxylation is 3. The molecular formula is C69H61Cl4N27O21S6. The Morgan fingerprint density at radius 1 is 0.370 bits per heavy atom. The Hall–Kier alpha value is -13.0. The fraction of sp³-hybridized carbons (Fsp3) is 0.130. The van der Waals surface area contributed by atoms with Crippen LogP contribution in [0.3, 0.4) is 0 Å². The number of aromatic nitrogens is 9. The number of hydrogen-bond acceptors (Lipinski definition) is 36. The molecule has 58 heteroatoms. The molecule has 0 bridgehead atoms. The molecule has 9 aromatic carbocycles. The monoisotopic (exact) mass is 1940 g/mol. The summed E-state index contributed by atoms with van der Waals surface area (Å²) in [5.41, 5.74) is 17.3. The molecule has 0 unspecified atom stereocenters. The lowest BCUT2D eigenvalue weighted by molar-refractivity contribution is 0.258. The van der Waals surface area contributed by atoms with E-state index >= 15 is 0 Å². The first-order chi connectivity index (χ1) is 59.4. The van der Waals surface area contributed by atoms with E-state index in [1.807, 2.05) is 4.90 Å². The van der Waals surface area contributed by atoms with Crippen molar-refractivity contribution in [1.82, 2.24) is 49.8 Å². The van der Waals surface area contributed by atoms with Crippen LogP contribution in [0, 0.1) is 20.8 Å². The van der Waals surface area contributed by atoms with Crippen LogP contribution in [0.25, 0.3) is 32.3 Å². The third-order valence-electron chi connectivity index (χ3n) is 17.6. The smallest absolute Gasteiger partial charge is 0.316 e. The Morgan fingerprint density at radius 3 is 1.12 bits per heavy atom. The van der Waals surface area contributed by atoms with Gasteiger partial charge in [0.2, 0.25) is 50.9 Å². The second-order valence-electron chi connectivity index (χ2n) is 26.8. The summed E-state index contributed by atoms with van der Waals surface area (Å²) in [6, 6.07) is 23.3. The van der Waals surface area contributed by atoms with Gasteiger partial charge in [0.15, 0.2) is 0 Å². The first-order valence-corrected chi connectivity index (χ1v) is 45.5. The number of nitrogens with zero attached hydrogens (tertiary/aromatic N) is 17. The molecule has 0 aliphatic carbocycles. The third kappa shape index (κ3) is 24.0. The first-order valence-electron chi connectivity index (χ1n) is 35.3. The predicted octanol–water partition coefficient (Wildman–Crippen LogP) is 12.6. The number of carbonyl (C=O) groups excluding carboxylic acids is 3. The number of carbonyl (C=O) groups is 3. The molecule has 13 rings (SSSR count). The van der Waals surface area contributed by atoms with E-state index in [2.05, 4.69) is 118 Å². The molecule has 48 nitrogen and oxygen atoms in total. The van der Waals surface area contributed by atoms with E-state index in [1.54, 1.807) is 6.92 Å². The van der Waals surface area contributed by atoms with Gasteiger partial charge in [-0.1, -0.05) is 12.1 Å². The molecule has 1 saturated heterocycles. The van der Waals surface area contributed by atoms with E-state index in [9.17, 15) is 92.2 Å². The van der Waals surface area contributed by atoms with Crippen molar-refractivity contribution in [3.05, 3.63) is 165 Å². The number of halogens is 4. The van der Waals surface area contributed by atoms with Crippen molar-refractivity contribution in [2.75, 3.05) is 81.4 Å². The Balaban J connectivity index is 0.000000305. The van der Waals surface area contributed by atoms with E-state index in [-0.39, 0.29) is 129 Å². The lowest BCUT2D eigenvalue weighted by Gasteiger charge is -2.34. The zero-order chi connectivity index (χ0) is 92.3. The molecule has 12 aromatic rings. The molecule has 3 aromatic heterocycles. The Morgan fingerprint density at radius 2 is 0.717 bits per heavy atom. The standard InChI is InChI=1S/C48H45Cl2N19O14S4.C21H16Cl2N8O7S2/c1-23-13-25-17-40(87(81,82)83)37(22-31(25)38(14-23)85(75,76)77)67-65-33-6-4-28(19-36(33)57-44(52)71)55-47-60-42(50)61-48(63-47)69-11-9-68(10-12-69)8-7-53-45-58-41(49)59-46(62-45)54-27-3-5-32(35(18-27)56-43(51)70)64-66-34-21-30-26(15-24(34)2)16-29(84(72,73)74)20-39(30)86(78,79)80;1-9-4-10-6-17(40(36,37)38)15(8-12(10)16(5-9)39(33,34)35)31-30-13-3-2-11(7-14(13)26-20(24)32)25-21-28-18(22)27-19(23)29-21/h3-6,13-22H,7-12H2,1-2H3,(H3,51,56,70)(H3,52,57,71)(H,72,73,74)(H,75,76,77)(H,78,79,80)(H,81,82,83)(H,55,60,61,63)(H2,53,54,58,59,62);2-8H,1H3,(H3,24,26,32)(H,33,34,35)(H,36,37,38)(H,25,27,28,29). The number of anilines is 11. The minimum atomic E-state index is -5.00. The van der Waals surface area contributed by atoms with E-state index in [1.165, 1.54) is 105 Å². The Labute approximate surface area is 736 Å². The molecule has 0 radical (unpaired) electrons. The average molecular weight is 1940 g/mol. The summed E-state index contributed by atoms with van der Waals surface area (Å²) >= 11 is 24.2. The first kappa shape index (κ1) is 93.1. The number of rotatable bonds is 26. The van der Waals surface area contributed by atoms with Gasteiger partial charge in [-0.15, -0.1) is 25.6 Å². The number of azo groups is 3. The van der Waals surface area contributed by atoms with Gasteiger partial charge < -0.3 is 59.3 Å². The number of fused-ring (bicyclic) bond motifs is 3. The van der Waals surface area contributed by atoms with Crippen LogP contribution in [0.4, 0.5) is 112 Å². The molecule has 4 heterocycles. The van der Waals surface area contributed by atoms with Crippen molar-refractivity contribution >= 4 is 256 Å². The summed E-state index contributed by atoms with van der Waals surface area (Å²) in [4.78, 5) is 72.8. The lowest BCUT2D eigenvalue weighted by atomic mass is 10.1. The average Bonchev–Trinajstić information content (AvgIpc) is 0.767. The van der Waals surface area contributed by atoms with Gasteiger partial charge in [0, 0.05) is 72.5 Å². The quantitative estimate of drug-likeness (QED) is 0.0177. The van der Waals surface area contributed by atoms with Crippen LogP contribution in [0.1, 0.15) is 16.7 Å². The number of nitrogens with one attached hydrogen (secondary N) is 7. The van der Waals surface area contributed by atoms with E-state index in [4.69, 9.17) is 63.6 Å². The molecule has 1 fully saturated rings. The molecule has 662 valence electrons. The number of primary amides is 3. The van der Waals surface area contributed by atoms with Crippen LogP contribution in [-0.4, -0.2) is 185 Å². The molecule has 1 aliphatic rings. The molecule has 1 aliphatic heterocycles. The number of hydrogen-bond donors (Lipinski definition) is 16. The predicted molar refractivity (Wildman–Crippen MR) is 463 cm³/mol. The summed E-state index contributed by atoms with van der Waals surface area (Å²) in [5.74, 6) is 0.342. The van der Waals surface area contributed by atoms with Crippen molar-refractivity contribution in [2.24, 2.45) is 47.9 Å². The fourth-order valence-corrected chi connectivity index (χ4v) is 17.2. The highest BCUT2D eigenvalue weighted by Gasteiger charge is 2.28. The topological polar surface area (TPSA) is 736 Å². The molecule has 0 atom stereocenters. The third-order valence-corrected chi connectivity index (χ3v) is 23.6. The van der Waals surface area contributed by atoms with E-state index < -0.39 is 120 Å². The van der Waals surface area contributed by atoms with Gasteiger partial charge in [-0.3, -0.25) is 32.2 Å². The van der Waals surface area contributed by atoms with Crippen molar-refractivity contribution in [1.29, 1.82) is 0 Å². The van der Waals surface area contributed by atoms with Gasteiger partial charge in [0.1, 0.15) is 52.9 Å². The highest BCUT2D eigenvalue weighted by Crippen LogP contribution is 2.42. The van der Waals surface area contributed by atoms with Crippen molar-refractivity contribution in [3.8, 4) is 0 Å². The van der Waals surface area contributed by atoms with Crippen molar-refractivity contribution < 1.29 is 92.2 Å². The summed E-state index contributed by atoms with van der Waals surface area (Å²) < 4.78 is 205. The summed E-state index contributed by atoms with van der Waals surface area (Å²) in [5, 5.41) is 42.5. The number of amides is 6. The SMILES string of the molecule is Cc1cc(S(=O)(=O)O)c2cc(N=Nc3ccc(Nc4nc(Cl)nc(Cl)n4)cc3NC(N)=O)c(S(=O)(=O)O)cc2c1.Cc1cc(S(=O)(=O)O)c2cc(N=Nc3ccc(Nc4nc(Cl)nc(N5CCN(CCNc6nc(Cl)nc(Nc7ccc(N=Nc8cc9c(S(=O)(=O)O)cc(S(=O)(=O)O)cc9cc8C)c(NC(N)=O)c7)n6)CC5)n4)cc3NC(N)=O)c(S(=O)(=O)O)cc2c1. The highest BCUT2D eigenvalue weighted by atomic mass is 35.5. The van der Waals surface area contributed by atoms with Gasteiger partial charge in [0.05, 0.1) is 27.6 Å². The maximum Gasteiger partial charge on any atom is 0.316 e. The molecule has 0 saturated carbocycles. The van der Waals surface area contributed by atoms with Crippen molar-refractivity contribution in [2.45, 2.75) is 50.1 Å². The zero-order valence-corrected chi connectivity index (χ0v) is 72.4. The summed E-state index contributed by atoms with van der Waals surface area (Å²) in [6.07, 6.45) is 0. The van der Waals surface area contributed by atoms with Gasteiger partial charge in [-0.2, -0.15) is 100 Å². The molecule has 0 spiro atoms. The number of piperazine rings is 1. The van der Waals surface area contributed by atoms with Crippen LogP contribution < -0.4 is 59.3 Å². The molecule has 6 amide bonds. The van der Waals surface area contributed by atoms with Crippen LogP contribution in [0.2, 0.25) is 21.1 Å². The van der Waals surface area contributed by atoms with Gasteiger partial charge in [0.25, 0.3) is 60.7 Å². The summed E-state index contributed by atoms with van der Waals surface area (Å²) in [6.45, 7) is 7.52. The zero-order valence-electron chi connectivity index (χ0n) is 64.5. The Kier molecular flexibility index (Phi) is 27.3. The van der Waals surface area contributed by atoms with E-state index in [0.717, 1.165) is 30.3 Å². The summed E-state index contributed by atoms with van der Waals surface area (Å²) in [7, 11) is -29.2. The maximum absolute atomic E-state index is 12.5. The van der Waals surface area contributed by atoms with Gasteiger partial charge in [-0.25, -0.2) is 14.4 Å². The fourth-order valence-electron chi connectivity index (χ4n) is 12.3. The minimum Gasteiger partial charge on any atom is -0.353 e. The lowest BCUT2D eigenvalue weighted by Crippen LogP contribution is -2.48. The van der Waals surface area contributed by atoms with Crippen molar-refractivity contribution in [3.63, 3.8) is 0 Å². The number of nitrogens with two attached hydrogens (primary N) is 3. The second kappa shape index (κ2) is 37.3. The van der Waals surface area contributed by atoms with Crippen LogP contribution in [0.15, 0.2) is 187 Å². The maximum atomic E-state index is 12.5. The normalized spacial score (nSPS) is 13.1. The van der Waals surface area contributed by atoms with E-state index in [0.29, 0.717) is 73.4 Å². The van der Waals surface area contributed by atoms with Gasteiger partial charge >= 0.3 is 18.1 Å². The van der Waals surface area contributed by atoms with Gasteiger partial charge in [-0.05, 0) is 215 Å². The Bertz CT molecular complexity index is 7380. The molecule has 127 heavy (non-hydrogen) atoms. The number of benzene rings is 9. The number of urea groups is 3.